The van der Waals surface area contributed by atoms with Gasteiger partial charge in [0.25, 0.3) is 0 Å². The summed E-state index contributed by atoms with van der Waals surface area (Å²) in [5.74, 6) is -1.95. The fourth-order valence-electron chi connectivity index (χ4n) is 4.37. The first kappa shape index (κ1) is 29.4. The molecule has 2 aliphatic heterocycles. The fourth-order valence-corrected chi connectivity index (χ4v) is 4.37. The lowest BCUT2D eigenvalue weighted by Gasteiger charge is -2.33. The van der Waals surface area contributed by atoms with Crippen molar-refractivity contribution in [3.63, 3.8) is 0 Å². The minimum Gasteiger partial charge on any atom is -0.407 e. The van der Waals surface area contributed by atoms with Crippen molar-refractivity contribution >= 4 is 23.5 Å². The number of carbonyl (C=O) groups is 2. The third-order valence-electron chi connectivity index (χ3n) is 6.61. The first-order chi connectivity index (χ1) is 18.6. The summed E-state index contributed by atoms with van der Waals surface area (Å²) in [5.41, 5.74) is -4.51. The van der Waals surface area contributed by atoms with Gasteiger partial charge in [0.2, 0.25) is 0 Å². The van der Waals surface area contributed by atoms with Crippen molar-refractivity contribution in [1.82, 2.24) is 9.80 Å². The molecule has 4 rings (SSSR count). The number of hydrogen-bond acceptors (Lipinski definition) is 5. The molecule has 1 N–H and O–H groups in total. The third kappa shape index (κ3) is 6.41. The second-order valence-electron chi connectivity index (χ2n) is 9.46. The van der Waals surface area contributed by atoms with Crippen molar-refractivity contribution in [3.05, 3.63) is 53.3 Å². The SMILES string of the molecule is CN(C(=O)Oc1c(N2CCN(CC(O)CN3CCC3)C2=O)cc(C(F)(F)F)cc1C(F)(F)F)c1ccc(F)cc1. The molecule has 2 aromatic carbocycles. The number of β-amino-alcohol motifs (C(OH)–C–C–N with tert-alkyl or cyclic N) is 1. The average molecular weight is 578 g/mol. The average Bonchev–Trinajstić information content (AvgIpc) is 3.19. The zero-order valence-corrected chi connectivity index (χ0v) is 21.1. The van der Waals surface area contributed by atoms with Crippen molar-refractivity contribution in [2.45, 2.75) is 24.9 Å². The molecule has 0 radical (unpaired) electrons. The van der Waals surface area contributed by atoms with E-state index in [0.717, 1.165) is 60.6 Å². The highest BCUT2D eigenvalue weighted by atomic mass is 19.4. The monoisotopic (exact) mass is 578 g/mol. The molecule has 2 aliphatic rings. The van der Waals surface area contributed by atoms with Gasteiger partial charge in [0.1, 0.15) is 11.4 Å². The number of benzene rings is 2. The van der Waals surface area contributed by atoms with E-state index in [1.165, 1.54) is 0 Å². The highest BCUT2D eigenvalue weighted by Crippen LogP contribution is 2.47. The van der Waals surface area contributed by atoms with E-state index in [1.807, 2.05) is 4.90 Å². The molecule has 0 aliphatic carbocycles. The molecule has 40 heavy (non-hydrogen) atoms. The van der Waals surface area contributed by atoms with Gasteiger partial charge in [-0.2, -0.15) is 26.3 Å². The van der Waals surface area contributed by atoms with Crippen LogP contribution in [0.15, 0.2) is 36.4 Å². The van der Waals surface area contributed by atoms with E-state index in [1.54, 1.807) is 0 Å². The van der Waals surface area contributed by atoms with Crippen LogP contribution in [0.3, 0.4) is 0 Å². The molecule has 0 spiro atoms. The molecule has 0 bridgehead atoms. The molecule has 0 saturated carbocycles. The number of aliphatic hydroxyl groups is 1. The van der Waals surface area contributed by atoms with Crippen LogP contribution in [-0.2, 0) is 12.4 Å². The van der Waals surface area contributed by atoms with Crippen LogP contribution in [0, 0.1) is 5.82 Å². The Bertz CT molecular complexity index is 1250. The number of likely N-dealkylation sites (tertiary alicyclic amines) is 1. The van der Waals surface area contributed by atoms with E-state index in [4.69, 9.17) is 4.74 Å². The van der Waals surface area contributed by atoms with Crippen LogP contribution in [-0.4, -0.2) is 79.5 Å². The minimum absolute atomic E-state index is 0.0213. The molecular weight excluding hydrogens is 553 g/mol. The Hall–Kier alpha value is -3.59. The lowest BCUT2D eigenvalue weighted by molar-refractivity contribution is -0.143. The van der Waals surface area contributed by atoms with E-state index in [2.05, 4.69) is 0 Å². The van der Waals surface area contributed by atoms with Gasteiger partial charge < -0.3 is 19.6 Å². The largest absolute Gasteiger partial charge is 0.420 e. The summed E-state index contributed by atoms with van der Waals surface area (Å²) >= 11 is 0. The van der Waals surface area contributed by atoms with Crippen molar-refractivity contribution in [3.8, 4) is 5.75 Å². The number of aliphatic hydroxyl groups excluding tert-OH is 1. The number of halogens is 7. The molecule has 2 aromatic rings. The summed E-state index contributed by atoms with van der Waals surface area (Å²) < 4.78 is 101. The lowest BCUT2D eigenvalue weighted by Crippen LogP contribution is -2.46. The van der Waals surface area contributed by atoms with Gasteiger partial charge in [-0.15, -0.1) is 0 Å². The van der Waals surface area contributed by atoms with Crippen LogP contribution in [0.1, 0.15) is 17.5 Å². The number of amides is 3. The second kappa shape index (κ2) is 11.1. The highest BCUT2D eigenvalue weighted by molar-refractivity contribution is 5.97. The summed E-state index contributed by atoms with van der Waals surface area (Å²) in [6.45, 7) is 1.16. The summed E-state index contributed by atoms with van der Waals surface area (Å²) in [5, 5.41) is 10.3. The lowest BCUT2D eigenvalue weighted by atomic mass is 10.1. The van der Waals surface area contributed by atoms with Crippen molar-refractivity contribution in [2.75, 3.05) is 56.1 Å². The summed E-state index contributed by atoms with van der Waals surface area (Å²) in [7, 11) is 1.11. The van der Waals surface area contributed by atoms with Gasteiger partial charge >= 0.3 is 24.5 Å². The molecule has 8 nitrogen and oxygen atoms in total. The standard InChI is InChI=1S/C25H25F7N4O4/c1-33(17-5-3-16(26)4-6-17)23(39)40-21-19(25(30,31)32)11-15(24(27,28)29)12-20(21)36-10-9-35(22(36)38)14-18(37)13-34-7-2-8-34/h3-6,11-12,18,37H,2,7-10,13-14H2,1H3. The Labute approximate surface area is 224 Å². The van der Waals surface area contributed by atoms with Gasteiger partial charge in [-0.05, 0) is 55.9 Å². The second-order valence-corrected chi connectivity index (χ2v) is 9.46. The summed E-state index contributed by atoms with van der Waals surface area (Å²) in [4.78, 5) is 30.4. The van der Waals surface area contributed by atoms with Gasteiger partial charge in [0.15, 0.2) is 5.75 Å². The molecule has 15 heteroatoms. The summed E-state index contributed by atoms with van der Waals surface area (Å²) in [6.07, 6.45) is -12.1. The van der Waals surface area contributed by atoms with E-state index >= 15 is 0 Å². The maximum atomic E-state index is 14.0. The molecule has 2 heterocycles. The predicted octanol–water partition coefficient (Wildman–Crippen LogP) is 4.81. The smallest absolute Gasteiger partial charge is 0.407 e. The van der Waals surface area contributed by atoms with Crippen LogP contribution in [0.25, 0.3) is 0 Å². The number of carbonyl (C=O) groups excluding carboxylic acids is 2. The molecule has 1 atom stereocenters. The number of anilines is 2. The van der Waals surface area contributed by atoms with Crippen molar-refractivity contribution in [2.24, 2.45) is 0 Å². The topological polar surface area (TPSA) is 76.6 Å². The van der Waals surface area contributed by atoms with Gasteiger partial charge in [-0.25, -0.2) is 14.0 Å². The molecule has 2 saturated heterocycles. The number of rotatable bonds is 7. The Kier molecular flexibility index (Phi) is 8.17. The Morgan fingerprint density at radius 1 is 1.00 bits per heavy atom. The fraction of sp³-hybridized carbons (Fsp3) is 0.440. The van der Waals surface area contributed by atoms with E-state index in [0.29, 0.717) is 11.0 Å². The Morgan fingerprint density at radius 3 is 2.20 bits per heavy atom. The van der Waals surface area contributed by atoms with Crippen molar-refractivity contribution in [1.29, 1.82) is 0 Å². The highest BCUT2D eigenvalue weighted by Gasteiger charge is 2.44. The number of urea groups is 1. The zero-order chi connectivity index (χ0) is 29.4. The molecule has 218 valence electrons. The van der Waals surface area contributed by atoms with E-state index < -0.39 is 59.0 Å². The zero-order valence-electron chi connectivity index (χ0n) is 21.1. The van der Waals surface area contributed by atoms with Gasteiger partial charge in [0.05, 0.1) is 17.4 Å². The number of nitrogens with zero attached hydrogens (tertiary/aromatic N) is 4. The van der Waals surface area contributed by atoms with Gasteiger partial charge in [-0.3, -0.25) is 9.80 Å². The maximum absolute atomic E-state index is 14.0. The predicted molar refractivity (Wildman–Crippen MR) is 129 cm³/mol. The maximum Gasteiger partial charge on any atom is 0.420 e. The Balaban J connectivity index is 1.69. The molecular formula is C25H25F7N4O4. The molecule has 0 aromatic heterocycles. The first-order valence-corrected chi connectivity index (χ1v) is 12.2. The van der Waals surface area contributed by atoms with Crippen LogP contribution in [0.5, 0.6) is 5.75 Å². The van der Waals surface area contributed by atoms with Gasteiger partial charge in [0, 0.05) is 38.9 Å². The van der Waals surface area contributed by atoms with Crippen LogP contribution >= 0.6 is 0 Å². The van der Waals surface area contributed by atoms with Crippen molar-refractivity contribution < 1.29 is 50.2 Å². The third-order valence-corrected chi connectivity index (χ3v) is 6.61. The van der Waals surface area contributed by atoms with Gasteiger partial charge in [-0.1, -0.05) is 0 Å². The molecule has 1 unspecified atom stereocenters. The Morgan fingerprint density at radius 2 is 1.65 bits per heavy atom. The first-order valence-electron chi connectivity index (χ1n) is 12.2. The van der Waals surface area contributed by atoms with Crippen LogP contribution in [0.4, 0.5) is 51.7 Å². The van der Waals surface area contributed by atoms with Crippen LogP contribution in [0.2, 0.25) is 0 Å². The van der Waals surface area contributed by atoms with E-state index in [9.17, 15) is 45.4 Å². The minimum atomic E-state index is -5.41. The van der Waals surface area contributed by atoms with Crippen LogP contribution < -0.4 is 14.5 Å². The quantitative estimate of drug-likeness (QED) is 0.478. The molecule has 2 fully saturated rings. The van der Waals surface area contributed by atoms with E-state index in [-0.39, 0.29) is 37.9 Å². The number of hydrogen-bond donors (Lipinski definition) is 1. The normalized spacial score (nSPS) is 17.2. The summed E-state index contributed by atoms with van der Waals surface area (Å²) in [6, 6.07) is 3.41. The number of alkyl halides is 6. The number of ether oxygens (including phenoxy) is 1. The molecule has 3 amide bonds.